The second-order valence-electron chi connectivity index (χ2n) is 4.15. The molecule has 106 valence electrons. The van der Waals surface area contributed by atoms with Gasteiger partial charge in [-0.15, -0.1) is 0 Å². The van der Waals surface area contributed by atoms with Gasteiger partial charge in [-0.05, 0) is 37.7 Å². The molecule has 2 rings (SSSR count). The summed E-state index contributed by atoms with van der Waals surface area (Å²) in [6, 6.07) is 8.22. The zero-order chi connectivity index (χ0) is 15.0. The third kappa shape index (κ3) is 3.46. The van der Waals surface area contributed by atoms with Crippen LogP contribution in [0.4, 0.5) is 0 Å². The molecular formula is C16H22N4. The van der Waals surface area contributed by atoms with Crippen molar-refractivity contribution in [3.8, 4) is 17.2 Å². The van der Waals surface area contributed by atoms with Crippen molar-refractivity contribution in [2.45, 2.75) is 27.3 Å². The molecule has 20 heavy (non-hydrogen) atoms. The normalized spacial score (nSPS) is 9.55. The molecule has 0 spiro atoms. The monoisotopic (exact) mass is 270 g/mol. The van der Waals surface area contributed by atoms with Crippen LogP contribution >= 0.6 is 0 Å². The molecule has 0 radical (unpaired) electrons. The van der Waals surface area contributed by atoms with Crippen molar-refractivity contribution in [3.05, 3.63) is 42.0 Å². The SMILES string of the molecule is CC.CNCCn1c(C)cc(-c2ccncc2)c1C#N. The van der Waals surface area contributed by atoms with E-state index in [-0.39, 0.29) is 0 Å². The van der Waals surface area contributed by atoms with Crippen LogP contribution in [0.25, 0.3) is 11.1 Å². The second-order valence-corrected chi connectivity index (χ2v) is 4.15. The molecule has 0 aliphatic heterocycles. The van der Waals surface area contributed by atoms with Gasteiger partial charge in [0.05, 0.1) is 0 Å². The van der Waals surface area contributed by atoms with E-state index in [1.165, 1.54) is 0 Å². The fraction of sp³-hybridized carbons (Fsp3) is 0.375. The number of aromatic nitrogens is 2. The zero-order valence-corrected chi connectivity index (χ0v) is 12.6. The third-order valence-corrected chi connectivity index (χ3v) is 2.99. The van der Waals surface area contributed by atoms with E-state index in [1.54, 1.807) is 12.4 Å². The minimum absolute atomic E-state index is 0.717. The fourth-order valence-corrected chi connectivity index (χ4v) is 2.06. The topological polar surface area (TPSA) is 53.6 Å². The Kier molecular flexibility index (Phi) is 6.48. The van der Waals surface area contributed by atoms with Gasteiger partial charge in [0.15, 0.2) is 0 Å². The molecule has 2 aromatic heterocycles. The maximum atomic E-state index is 9.37. The average Bonchev–Trinajstić information content (AvgIpc) is 2.84. The van der Waals surface area contributed by atoms with Crippen molar-refractivity contribution in [3.63, 3.8) is 0 Å². The molecule has 0 aromatic carbocycles. The van der Waals surface area contributed by atoms with E-state index < -0.39 is 0 Å². The lowest BCUT2D eigenvalue weighted by atomic mass is 10.1. The van der Waals surface area contributed by atoms with E-state index in [0.29, 0.717) is 5.69 Å². The molecule has 4 heteroatoms. The Balaban J connectivity index is 0.000000956. The first-order valence-corrected chi connectivity index (χ1v) is 6.93. The molecule has 1 N–H and O–H groups in total. The molecule has 0 amide bonds. The fourth-order valence-electron chi connectivity index (χ4n) is 2.06. The Bertz CT molecular complexity index is 564. The molecule has 2 aromatic rings. The van der Waals surface area contributed by atoms with Crippen molar-refractivity contribution in [1.29, 1.82) is 5.26 Å². The number of pyridine rings is 1. The van der Waals surface area contributed by atoms with Gasteiger partial charge < -0.3 is 9.88 Å². The molecule has 0 bridgehead atoms. The van der Waals surface area contributed by atoms with Gasteiger partial charge in [-0.1, -0.05) is 13.8 Å². The molecule has 0 saturated heterocycles. The Labute approximate surface area is 121 Å². The van der Waals surface area contributed by atoms with Crippen LogP contribution in [0, 0.1) is 18.3 Å². The van der Waals surface area contributed by atoms with Gasteiger partial charge in [-0.25, -0.2) is 0 Å². The van der Waals surface area contributed by atoms with E-state index in [0.717, 1.165) is 29.9 Å². The molecule has 0 atom stereocenters. The molecule has 0 aliphatic rings. The summed E-state index contributed by atoms with van der Waals surface area (Å²) in [7, 11) is 1.91. The summed E-state index contributed by atoms with van der Waals surface area (Å²) < 4.78 is 2.05. The first-order valence-electron chi connectivity index (χ1n) is 6.93. The van der Waals surface area contributed by atoms with Gasteiger partial charge >= 0.3 is 0 Å². The predicted molar refractivity (Wildman–Crippen MR) is 82.4 cm³/mol. The van der Waals surface area contributed by atoms with Crippen LogP contribution in [0.1, 0.15) is 25.2 Å². The number of hydrogen-bond donors (Lipinski definition) is 1. The Morgan fingerprint density at radius 2 is 1.95 bits per heavy atom. The number of rotatable bonds is 4. The summed E-state index contributed by atoms with van der Waals surface area (Å²) in [5.41, 5.74) is 3.84. The first kappa shape index (κ1) is 15.9. The van der Waals surface area contributed by atoms with Crippen molar-refractivity contribution < 1.29 is 0 Å². The van der Waals surface area contributed by atoms with Crippen LogP contribution in [0.2, 0.25) is 0 Å². The van der Waals surface area contributed by atoms with E-state index in [4.69, 9.17) is 0 Å². The highest BCUT2D eigenvalue weighted by Crippen LogP contribution is 2.26. The van der Waals surface area contributed by atoms with Gasteiger partial charge in [-0.2, -0.15) is 5.26 Å². The lowest BCUT2D eigenvalue weighted by molar-refractivity contribution is 0.630. The van der Waals surface area contributed by atoms with Gasteiger partial charge in [-0.3, -0.25) is 4.98 Å². The smallest absolute Gasteiger partial charge is 0.128 e. The maximum Gasteiger partial charge on any atom is 0.128 e. The first-order chi connectivity index (χ1) is 9.77. The standard InChI is InChI=1S/C14H16N4.C2H6/c1-11-9-13(12-3-5-17-6-4-12)14(10-15)18(11)8-7-16-2;1-2/h3-6,9,16H,7-8H2,1-2H3;1-2H3. The van der Waals surface area contributed by atoms with Crippen molar-refractivity contribution in [2.24, 2.45) is 0 Å². The van der Waals surface area contributed by atoms with Gasteiger partial charge in [0.2, 0.25) is 0 Å². The van der Waals surface area contributed by atoms with Crippen molar-refractivity contribution in [2.75, 3.05) is 13.6 Å². The van der Waals surface area contributed by atoms with Crippen LogP contribution in [0.3, 0.4) is 0 Å². The van der Waals surface area contributed by atoms with E-state index in [9.17, 15) is 5.26 Å². The molecule has 2 heterocycles. The summed E-state index contributed by atoms with van der Waals surface area (Å²) in [5, 5.41) is 12.5. The largest absolute Gasteiger partial charge is 0.335 e. The highest BCUT2D eigenvalue weighted by Gasteiger charge is 2.13. The van der Waals surface area contributed by atoms with Crippen LogP contribution in [0.5, 0.6) is 0 Å². The van der Waals surface area contributed by atoms with Crippen LogP contribution < -0.4 is 5.32 Å². The third-order valence-electron chi connectivity index (χ3n) is 2.99. The number of nitrogens with one attached hydrogen (secondary N) is 1. The number of nitrogens with zero attached hydrogens (tertiary/aromatic N) is 3. The van der Waals surface area contributed by atoms with Crippen molar-refractivity contribution in [1.82, 2.24) is 14.9 Å². The minimum atomic E-state index is 0.717. The predicted octanol–water partition coefficient (Wildman–Crippen LogP) is 2.98. The lowest BCUT2D eigenvalue weighted by Crippen LogP contribution is -2.16. The second kappa shape index (κ2) is 8.13. The summed E-state index contributed by atoms with van der Waals surface area (Å²) in [5.74, 6) is 0. The van der Waals surface area contributed by atoms with E-state index >= 15 is 0 Å². The molecule has 0 fully saturated rings. The van der Waals surface area contributed by atoms with Crippen LogP contribution in [-0.4, -0.2) is 23.1 Å². The minimum Gasteiger partial charge on any atom is -0.335 e. The summed E-state index contributed by atoms with van der Waals surface area (Å²) in [4.78, 5) is 4.01. The van der Waals surface area contributed by atoms with Gasteiger partial charge in [0.1, 0.15) is 11.8 Å². The molecule has 0 saturated carbocycles. The summed E-state index contributed by atoms with van der Waals surface area (Å²) in [6.45, 7) is 7.68. The summed E-state index contributed by atoms with van der Waals surface area (Å²) >= 11 is 0. The number of nitriles is 1. The van der Waals surface area contributed by atoms with E-state index in [2.05, 4.69) is 22.4 Å². The van der Waals surface area contributed by atoms with Gasteiger partial charge in [0.25, 0.3) is 0 Å². The zero-order valence-electron chi connectivity index (χ0n) is 12.6. The molecule has 4 nitrogen and oxygen atoms in total. The summed E-state index contributed by atoms with van der Waals surface area (Å²) in [6.07, 6.45) is 3.49. The highest BCUT2D eigenvalue weighted by atomic mass is 15.0. The Morgan fingerprint density at radius 3 is 2.50 bits per heavy atom. The number of aryl methyl sites for hydroxylation is 1. The number of likely N-dealkylation sites (N-methyl/N-ethyl adjacent to an activating group) is 1. The number of hydrogen-bond acceptors (Lipinski definition) is 3. The quantitative estimate of drug-likeness (QED) is 0.929. The Hall–Kier alpha value is -2.12. The molecule has 0 aliphatic carbocycles. The van der Waals surface area contributed by atoms with Gasteiger partial charge in [0, 0.05) is 36.7 Å². The molecule has 0 unspecified atom stereocenters. The van der Waals surface area contributed by atoms with Crippen LogP contribution in [0.15, 0.2) is 30.6 Å². The lowest BCUT2D eigenvalue weighted by Gasteiger charge is -2.07. The highest BCUT2D eigenvalue weighted by molar-refractivity contribution is 5.70. The molecular weight excluding hydrogens is 248 g/mol. The Morgan fingerprint density at radius 1 is 1.30 bits per heavy atom. The van der Waals surface area contributed by atoms with Crippen molar-refractivity contribution >= 4 is 0 Å². The van der Waals surface area contributed by atoms with Crippen LogP contribution in [-0.2, 0) is 6.54 Å². The average molecular weight is 270 g/mol. The van der Waals surface area contributed by atoms with E-state index in [1.807, 2.05) is 44.5 Å². The maximum absolute atomic E-state index is 9.37.